The van der Waals surface area contributed by atoms with Gasteiger partial charge in [-0.25, -0.2) is 0 Å². The topological polar surface area (TPSA) is 87.0 Å². The van der Waals surface area contributed by atoms with Crippen LogP contribution >= 0.6 is 23.8 Å². The summed E-state index contributed by atoms with van der Waals surface area (Å²) in [5, 5.41) is 6.39. The molecule has 1 saturated heterocycles. The van der Waals surface area contributed by atoms with E-state index in [2.05, 4.69) is 29.4 Å². The molecule has 194 valence electrons. The molecule has 2 N–H and O–H groups in total. The van der Waals surface area contributed by atoms with Gasteiger partial charge in [-0.2, -0.15) is 0 Å². The van der Waals surface area contributed by atoms with Crippen molar-refractivity contribution in [3.05, 3.63) is 77.2 Å². The molecule has 1 aliphatic rings. The minimum atomic E-state index is -0.322. The van der Waals surface area contributed by atoms with Crippen molar-refractivity contribution in [1.82, 2.24) is 10.2 Å². The monoisotopic (exact) mass is 540 g/mol. The highest BCUT2D eigenvalue weighted by Crippen LogP contribution is 2.30. The van der Waals surface area contributed by atoms with E-state index in [0.29, 0.717) is 66.5 Å². The van der Waals surface area contributed by atoms with Gasteiger partial charge in [0.05, 0.1) is 23.6 Å². The fourth-order valence-electron chi connectivity index (χ4n) is 3.85. The Morgan fingerprint density at radius 2 is 1.81 bits per heavy atom. The van der Waals surface area contributed by atoms with E-state index in [-0.39, 0.29) is 16.9 Å². The molecule has 8 nitrogen and oxygen atoms in total. The van der Waals surface area contributed by atoms with Crippen LogP contribution in [0.2, 0.25) is 5.02 Å². The normalized spacial score (nSPS) is 13.4. The van der Waals surface area contributed by atoms with Crippen LogP contribution in [0.25, 0.3) is 0 Å². The molecule has 3 aromatic rings. The minimum Gasteiger partial charge on any atom is -0.493 e. The van der Waals surface area contributed by atoms with Crippen molar-refractivity contribution < 1.29 is 18.7 Å². The number of piperazine rings is 1. The third kappa shape index (κ3) is 7.02. The van der Waals surface area contributed by atoms with Crippen LogP contribution in [0.1, 0.15) is 34.8 Å². The molecule has 0 atom stereocenters. The maximum atomic E-state index is 12.6. The third-order valence-corrected chi connectivity index (χ3v) is 6.28. The zero-order valence-electron chi connectivity index (χ0n) is 20.7. The number of hydrogen-bond acceptors (Lipinski definition) is 6. The Bertz CT molecular complexity index is 1240. The Morgan fingerprint density at radius 3 is 2.43 bits per heavy atom. The summed E-state index contributed by atoms with van der Waals surface area (Å²) in [4.78, 5) is 28.9. The number of hydrogen-bond donors (Lipinski definition) is 2. The van der Waals surface area contributed by atoms with Crippen molar-refractivity contribution in [1.29, 1.82) is 0 Å². The SMILES string of the molecule is CC(C)COc1ccc(C(=O)NC(=S)Nc2ccc(N3CCN(C(=O)c4ccco4)CC3)c(Cl)c2)cc1. The molecule has 37 heavy (non-hydrogen) atoms. The van der Waals surface area contributed by atoms with Gasteiger partial charge in [-0.1, -0.05) is 25.4 Å². The Hall–Kier alpha value is -3.56. The summed E-state index contributed by atoms with van der Waals surface area (Å²) in [5.74, 6) is 1.05. The summed E-state index contributed by atoms with van der Waals surface area (Å²) in [6, 6.07) is 15.8. The van der Waals surface area contributed by atoms with Crippen LogP contribution in [0.4, 0.5) is 11.4 Å². The van der Waals surface area contributed by atoms with Crippen molar-refractivity contribution in [3.63, 3.8) is 0 Å². The van der Waals surface area contributed by atoms with Crippen LogP contribution in [-0.4, -0.2) is 54.6 Å². The fourth-order valence-corrected chi connectivity index (χ4v) is 4.36. The van der Waals surface area contributed by atoms with Gasteiger partial charge in [-0.15, -0.1) is 0 Å². The van der Waals surface area contributed by atoms with Gasteiger partial charge in [-0.05, 0) is 72.7 Å². The lowest BCUT2D eigenvalue weighted by Crippen LogP contribution is -2.48. The number of rotatable bonds is 7. The summed E-state index contributed by atoms with van der Waals surface area (Å²) in [6.07, 6.45) is 1.50. The molecular weight excluding hydrogens is 512 g/mol. The lowest BCUT2D eigenvalue weighted by molar-refractivity contribution is 0.0714. The first-order valence-electron chi connectivity index (χ1n) is 12.0. The van der Waals surface area contributed by atoms with Crippen molar-refractivity contribution in [2.24, 2.45) is 5.92 Å². The van der Waals surface area contributed by atoms with Gasteiger partial charge in [0.2, 0.25) is 0 Å². The minimum absolute atomic E-state index is 0.110. The predicted octanol–water partition coefficient (Wildman–Crippen LogP) is 5.06. The fraction of sp³-hybridized carbons (Fsp3) is 0.296. The molecule has 0 spiro atoms. The summed E-state index contributed by atoms with van der Waals surface area (Å²) in [7, 11) is 0. The Kier molecular flexibility index (Phi) is 8.68. The van der Waals surface area contributed by atoms with Crippen LogP contribution in [0.3, 0.4) is 0 Å². The smallest absolute Gasteiger partial charge is 0.289 e. The molecule has 0 unspecified atom stereocenters. The average Bonchev–Trinajstić information content (AvgIpc) is 3.43. The molecule has 4 rings (SSSR count). The first-order chi connectivity index (χ1) is 17.8. The first kappa shape index (κ1) is 26.5. The van der Waals surface area contributed by atoms with Crippen molar-refractivity contribution in [2.75, 3.05) is 43.0 Å². The Balaban J connectivity index is 1.28. The maximum Gasteiger partial charge on any atom is 0.289 e. The van der Waals surface area contributed by atoms with Crippen LogP contribution in [0, 0.1) is 5.92 Å². The quantitative estimate of drug-likeness (QED) is 0.405. The van der Waals surface area contributed by atoms with Crippen LogP contribution in [0.5, 0.6) is 5.75 Å². The molecule has 1 fully saturated rings. The lowest BCUT2D eigenvalue weighted by atomic mass is 10.2. The summed E-state index contributed by atoms with van der Waals surface area (Å²) < 4.78 is 10.9. The van der Waals surface area contributed by atoms with Gasteiger partial charge < -0.3 is 24.3 Å². The highest BCUT2D eigenvalue weighted by molar-refractivity contribution is 7.80. The molecule has 1 aliphatic heterocycles. The van der Waals surface area contributed by atoms with Crippen LogP contribution in [-0.2, 0) is 0 Å². The first-order valence-corrected chi connectivity index (χ1v) is 12.8. The van der Waals surface area contributed by atoms with Gasteiger partial charge >= 0.3 is 0 Å². The molecule has 0 radical (unpaired) electrons. The van der Waals surface area contributed by atoms with E-state index < -0.39 is 0 Å². The third-order valence-electron chi connectivity index (χ3n) is 5.77. The van der Waals surface area contributed by atoms with Crippen LogP contribution in [0.15, 0.2) is 65.3 Å². The summed E-state index contributed by atoms with van der Waals surface area (Å²) in [5.41, 5.74) is 1.99. The number of furan rings is 1. The Labute approximate surface area is 226 Å². The molecule has 0 bridgehead atoms. The van der Waals surface area contributed by atoms with Gasteiger partial charge in [0.1, 0.15) is 5.75 Å². The zero-order chi connectivity index (χ0) is 26.4. The molecular formula is C27H29ClN4O4S. The second kappa shape index (κ2) is 12.1. The van der Waals surface area contributed by atoms with E-state index >= 15 is 0 Å². The van der Waals surface area contributed by atoms with E-state index in [1.165, 1.54) is 6.26 Å². The maximum absolute atomic E-state index is 12.6. The number of benzene rings is 2. The molecule has 10 heteroatoms. The molecule has 0 saturated carbocycles. The van der Waals surface area contributed by atoms with Gasteiger partial charge in [-0.3, -0.25) is 14.9 Å². The Morgan fingerprint density at radius 1 is 1.08 bits per heavy atom. The molecule has 2 aromatic carbocycles. The second-order valence-corrected chi connectivity index (χ2v) is 9.88. The average molecular weight is 541 g/mol. The van der Waals surface area contributed by atoms with Gasteiger partial charge in [0.25, 0.3) is 11.8 Å². The number of carbonyl (C=O) groups excluding carboxylic acids is 2. The van der Waals surface area contributed by atoms with E-state index in [1.807, 2.05) is 12.1 Å². The standard InChI is InChI=1S/C27H29ClN4O4S/c1-18(2)17-36-21-8-5-19(6-9-21)25(33)30-27(37)29-20-7-10-23(22(28)16-20)31-11-13-32(14-12-31)26(34)24-4-3-15-35-24/h3-10,15-16,18H,11-14,17H2,1-2H3,(H2,29,30,33,37). The van der Waals surface area contributed by atoms with E-state index in [9.17, 15) is 9.59 Å². The molecule has 2 amide bonds. The summed E-state index contributed by atoms with van der Waals surface area (Å²) >= 11 is 11.9. The number of thiocarbonyl (C=S) groups is 1. The van der Waals surface area contributed by atoms with E-state index in [1.54, 1.807) is 47.4 Å². The number of amides is 2. The number of ether oxygens (including phenoxy) is 1. The number of carbonyl (C=O) groups is 2. The van der Waals surface area contributed by atoms with Gasteiger partial charge in [0, 0.05) is 37.4 Å². The highest BCUT2D eigenvalue weighted by atomic mass is 35.5. The van der Waals surface area contributed by atoms with Crippen LogP contribution < -0.4 is 20.3 Å². The number of halogens is 1. The second-order valence-electron chi connectivity index (χ2n) is 9.06. The lowest BCUT2D eigenvalue weighted by Gasteiger charge is -2.36. The largest absolute Gasteiger partial charge is 0.493 e. The predicted molar refractivity (Wildman–Crippen MR) is 149 cm³/mol. The van der Waals surface area contributed by atoms with Crippen molar-refractivity contribution >= 4 is 52.1 Å². The molecule has 0 aliphatic carbocycles. The molecule has 1 aromatic heterocycles. The zero-order valence-corrected chi connectivity index (χ0v) is 22.3. The van der Waals surface area contributed by atoms with E-state index in [4.69, 9.17) is 33.0 Å². The van der Waals surface area contributed by atoms with Crippen molar-refractivity contribution in [2.45, 2.75) is 13.8 Å². The van der Waals surface area contributed by atoms with Crippen molar-refractivity contribution in [3.8, 4) is 5.75 Å². The highest BCUT2D eigenvalue weighted by Gasteiger charge is 2.24. The van der Waals surface area contributed by atoms with Gasteiger partial charge in [0.15, 0.2) is 10.9 Å². The number of nitrogens with one attached hydrogen (secondary N) is 2. The summed E-state index contributed by atoms with van der Waals surface area (Å²) in [6.45, 7) is 7.19. The number of nitrogens with zero attached hydrogens (tertiary/aromatic N) is 2. The number of anilines is 2. The van der Waals surface area contributed by atoms with E-state index in [0.717, 1.165) is 5.69 Å². The molecule has 2 heterocycles.